The third-order valence-corrected chi connectivity index (χ3v) is 5.18. The van der Waals surface area contributed by atoms with E-state index in [-0.39, 0.29) is 6.10 Å². The van der Waals surface area contributed by atoms with Crippen molar-refractivity contribution in [3.8, 4) is 5.75 Å². The molecule has 100 valence electrons. The van der Waals surface area contributed by atoms with Crippen LogP contribution in [0.1, 0.15) is 10.4 Å². The van der Waals surface area contributed by atoms with E-state index >= 15 is 0 Å². The third-order valence-electron chi connectivity index (χ3n) is 3.06. The third kappa shape index (κ3) is 3.40. The number of rotatable bonds is 4. The minimum Gasteiger partial charge on any atom is -0.488 e. The van der Waals surface area contributed by atoms with Gasteiger partial charge in [-0.25, -0.2) is 0 Å². The van der Waals surface area contributed by atoms with Crippen LogP contribution in [0.2, 0.25) is 0 Å². The summed E-state index contributed by atoms with van der Waals surface area (Å²) in [7, 11) is 0. The van der Waals surface area contributed by atoms with E-state index in [9.17, 15) is 0 Å². The summed E-state index contributed by atoms with van der Waals surface area (Å²) in [5, 5.41) is 3.46. The topological polar surface area (TPSA) is 21.3 Å². The van der Waals surface area contributed by atoms with Gasteiger partial charge in [-0.2, -0.15) is 0 Å². The summed E-state index contributed by atoms with van der Waals surface area (Å²) in [4.78, 5) is 1.34. The smallest absolute Gasteiger partial charge is 0.123 e. The SMILES string of the molecule is Brc1ccc2c(c1)CC(CNCc1ccc(Br)s1)O2. The normalized spacial score (nSPS) is 17.3. The zero-order chi connectivity index (χ0) is 13.2. The zero-order valence-electron chi connectivity index (χ0n) is 10.2. The van der Waals surface area contributed by atoms with Gasteiger partial charge in [0.25, 0.3) is 0 Å². The average Bonchev–Trinajstić information content (AvgIpc) is 2.95. The Hall–Kier alpha value is -0.360. The predicted octanol–water partition coefficient (Wildman–Crippen LogP) is 4.37. The summed E-state index contributed by atoms with van der Waals surface area (Å²) in [6.45, 7) is 1.78. The molecule has 1 aromatic carbocycles. The fourth-order valence-electron chi connectivity index (χ4n) is 2.21. The molecule has 0 amide bonds. The Bertz CT molecular complexity index is 585. The van der Waals surface area contributed by atoms with E-state index in [1.54, 1.807) is 11.3 Å². The fraction of sp³-hybridized carbons (Fsp3) is 0.286. The molecule has 1 aliphatic rings. The molecule has 0 spiro atoms. The van der Waals surface area contributed by atoms with E-state index in [2.05, 4.69) is 55.4 Å². The Morgan fingerprint density at radius 2 is 2.16 bits per heavy atom. The van der Waals surface area contributed by atoms with E-state index in [4.69, 9.17) is 4.74 Å². The molecule has 5 heteroatoms. The Labute approximate surface area is 133 Å². The first kappa shape index (κ1) is 13.6. The van der Waals surface area contributed by atoms with E-state index in [0.717, 1.165) is 29.7 Å². The molecule has 2 nitrogen and oxygen atoms in total. The lowest BCUT2D eigenvalue weighted by molar-refractivity contribution is 0.227. The van der Waals surface area contributed by atoms with Crippen LogP contribution in [0.25, 0.3) is 0 Å². The second-order valence-corrected chi connectivity index (χ2v) is 8.00. The molecule has 0 saturated heterocycles. The van der Waals surface area contributed by atoms with Crippen LogP contribution >= 0.6 is 43.2 Å². The molecule has 1 unspecified atom stereocenters. The number of benzene rings is 1. The van der Waals surface area contributed by atoms with E-state index < -0.39 is 0 Å². The first-order valence-electron chi connectivity index (χ1n) is 6.11. The standard InChI is InChI=1S/C14H13Br2NOS/c15-10-1-3-13-9(5-10)6-11(18-13)7-17-8-12-2-4-14(16)19-12/h1-5,11,17H,6-8H2. The van der Waals surface area contributed by atoms with Gasteiger partial charge in [0.05, 0.1) is 3.79 Å². The first-order valence-corrected chi connectivity index (χ1v) is 8.51. The molecule has 1 aliphatic heterocycles. The minimum atomic E-state index is 0.243. The highest BCUT2D eigenvalue weighted by atomic mass is 79.9. The van der Waals surface area contributed by atoms with Gasteiger partial charge in [-0.15, -0.1) is 11.3 Å². The Morgan fingerprint density at radius 1 is 1.26 bits per heavy atom. The lowest BCUT2D eigenvalue weighted by Gasteiger charge is -2.11. The summed E-state index contributed by atoms with van der Waals surface area (Å²) in [6.07, 6.45) is 1.23. The summed E-state index contributed by atoms with van der Waals surface area (Å²) >= 11 is 8.74. The van der Waals surface area contributed by atoms with Crippen molar-refractivity contribution >= 4 is 43.2 Å². The Balaban J connectivity index is 1.51. The van der Waals surface area contributed by atoms with Crippen molar-refractivity contribution in [3.63, 3.8) is 0 Å². The maximum atomic E-state index is 5.92. The molecule has 2 aromatic rings. The van der Waals surface area contributed by atoms with Crippen LogP contribution in [0.5, 0.6) is 5.75 Å². The highest BCUT2D eigenvalue weighted by Gasteiger charge is 2.22. The monoisotopic (exact) mass is 401 g/mol. The van der Waals surface area contributed by atoms with Crippen LogP contribution in [-0.4, -0.2) is 12.6 Å². The van der Waals surface area contributed by atoms with Crippen molar-refractivity contribution in [1.82, 2.24) is 5.32 Å². The van der Waals surface area contributed by atoms with Gasteiger partial charge in [0, 0.05) is 28.9 Å². The number of hydrogen-bond donors (Lipinski definition) is 1. The molecule has 0 bridgehead atoms. The van der Waals surface area contributed by atoms with Crippen molar-refractivity contribution in [2.24, 2.45) is 0 Å². The van der Waals surface area contributed by atoms with Gasteiger partial charge >= 0.3 is 0 Å². The molecule has 1 atom stereocenters. The molecule has 3 rings (SSSR count). The van der Waals surface area contributed by atoms with Gasteiger partial charge < -0.3 is 10.1 Å². The molecule has 0 radical (unpaired) electrons. The number of halogens is 2. The van der Waals surface area contributed by atoms with Gasteiger partial charge in [-0.3, -0.25) is 0 Å². The maximum Gasteiger partial charge on any atom is 0.123 e. The van der Waals surface area contributed by atoms with Crippen molar-refractivity contribution in [3.05, 3.63) is 49.0 Å². The van der Waals surface area contributed by atoms with Crippen LogP contribution < -0.4 is 10.1 Å². The quantitative estimate of drug-likeness (QED) is 0.819. The summed E-state index contributed by atoms with van der Waals surface area (Å²) in [6, 6.07) is 10.4. The van der Waals surface area contributed by atoms with Gasteiger partial charge in [0.15, 0.2) is 0 Å². The molecule has 1 aromatic heterocycles. The van der Waals surface area contributed by atoms with Crippen LogP contribution in [0.3, 0.4) is 0 Å². The second-order valence-electron chi connectivity index (χ2n) is 4.53. The van der Waals surface area contributed by atoms with Gasteiger partial charge in [0.1, 0.15) is 11.9 Å². The number of hydrogen-bond acceptors (Lipinski definition) is 3. The average molecular weight is 403 g/mol. The Kier molecular flexibility index (Phi) is 4.27. The Morgan fingerprint density at radius 3 is 2.95 bits per heavy atom. The molecule has 0 fully saturated rings. The van der Waals surface area contributed by atoms with Crippen molar-refractivity contribution in [1.29, 1.82) is 0 Å². The predicted molar refractivity (Wildman–Crippen MR) is 86.0 cm³/mol. The van der Waals surface area contributed by atoms with E-state index in [1.165, 1.54) is 14.2 Å². The lowest BCUT2D eigenvalue weighted by atomic mass is 10.1. The number of thiophene rings is 1. The summed E-state index contributed by atoms with van der Waals surface area (Å²) in [5.41, 5.74) is 1.29. The number of nitrogens with one attached hydrogen (secondary N) is 1. The van der Waals surface area contributed by atoms with Crippen LogP contribution in [0.4, 0.5) is 0 Å². The minimum absolute atomic E-state index is 0.243. The largest absolute Gasteiger partial charge is 0.488 e. The molecule has 19 heavy (non-hydrogen) atoms. The van der Waals surface area contributed by atoms with Crippen molar-refractivity contribution in [2.45, 2.75) is 19.1 Å². The molecular formula is C14H13Br2NOS. The number of fused-ring (bicyclic) bond motifs is 1. The van der Waals surface area contributed by atoms with Crippen molar-refractivity contribution < 1.29 is 4.74 Å². The molecule has 1 N–H and O–H groups in total. The van der Waals surface area contributed by atoms with Crippen molar-refractivity contribution in [2.75, 3.05) is 6.54 Å². The lowest BCUT2D eigenvalue weighted by Crippen LogP contribution is -2.29. The second kappa shape index (κ2) is 5.95. The van der Waals surface area contributed by atoms with Crippen LogP contribution in [0.15, 0.2) is 38.6 Å². The zero-order valence-corrected chi connectivity index (χ0v) is 14.1. The maximum absolute atomic E-state index is 5.92. The van der Waals surface area contributed by atoms with E-state index in [0.29, 0.717) is 0 Å². The van der Waals surface area contributed by atoms with Crippen LogP contribution in [0, 0.1) is 0 Å². The van der Waals surface area contributed by atoms with E-state index in [1.807, 2.05) is 12.1 Å². The van der Waals surface area contributed by atoms with Gasteiger partial charge in [-0.05, 0) is 51.8 Å². The highest BCUT2D eigenvalue weighted by Crippen LogP contribution is 2.31. The number of ether oxygens (including phenoxy) is 1. The fourth-order valence-corrected chi connectivity index (χ4v) is 4.07. The molecule has 2 heterocycles. The first-order chi connectivity index (χ1) is 9.20. The molecule has 0 saturated carbocycles. The van der Waals surface area contributed by atoms with Gasteiger partial charge in [-0.1, -0.05) is 15.9 Å². The molecule has 0 aliphatic carbocycles. The summed E-state index contributed by atoms with van der Waals surface area (Å²) in [5.74, 6) is 1.02. The highest BCUT2D eigenvalue weighted by molar-refractivity contribution is 9.11. The summed E-state index contributed by atoms with van der Waals surface area (Å²) < 4.78 is 8.21. The molecular weight excluding hydrogens is 390 g/mol. The van der Waals surface area contributed by atoms with Crippen LogP contribution in [-0.2, 0) is 13.0 Å². The van der Waals surface area contributed by atoms with Gasteiger partial charge in [0.2, 0.25) is 0 Å².